The summed E-state index contributed by atoms with van der Waals surface area (Å²) in [5, 5.41) is 4.04. The van der Waals surface area contributed by atoms with Gasteiger partial charge in [0.1, 0.15) is 6.61 Å². The number of esters is 1. The Bertz CT molecular complexity index is 643. The van der Waals surface area contributed by atoms with Crippen LogP contribution in [0.15, 0.2) is 35.4 Å². The summed E-state index contributed by atoms with van der Waals surface area (Å²) in [5.41, 5.74) is 1.34. The van der Waals surface area contributed by atoms with Gasteiger partial charge in [-0.2, -0.15) is 0 Å². The zero-order valence-electron chi connectivity index (χ0n) is 12.5. The first-order valence-electron chi connectivity index (χ1n) is 6.86. The van der Waals surface area contributed by atoms with Crippen LogP contribution >= 0.6 is 24.6 Å². The molecule has 0 spiro atoms. The number of hydrogen-bond acceptors (Lipinski definition) is 6. The van der Waals surface area contributed by atoms with Crippen LogP contribution in [0.1, 0.15) is 29.3 Å². The summed E-state index contributed by atoms with van der Waals surface area (Å²) in [7, 11) is 0. The average molecular weight is 338 g/mol. The highest BCUT2D eigenvalue weighted by Crippen LogP contribution is 2.25. The van der Waals surface area contributed by atoms with E-state index in [1.54, 1.807) is 30.1 Å². The predicted octanol–water partition coefficient (Wildman–Crippen LogP) is 3.44. The van der Waals surface area contributed by atoms with Crippen molar-refractivity contribution in [1.82, 2.24) is 9.19 Å². The molecule has 0 bridgehead atoms. The van der Waals surface area contributed by atoms with Crippen LogP contribution < -0.4 is 4.74 Å². The Morgan fingerprint density at radius 2 is 2.23 bits per heavy atom. The second kappa shape index (κ2) is 8.14. The summed E-state index contributed by atoms with van der Waals surface area (Å²) in [4.78, 5) is 13.2. The molecule has 0 N–H and O–H groups in total. The van der Waals surface area contributed by atoms with Crippen molar-refractivity contribution in [2.75, 3.05) is 12.9 Å². The normalized spacial score (nSPS) is 10.5. The van der Waals surface area contributed by atoms with Crippen molar-refractivity contribution in [3.63, 3.8) is 0 Å². The Morgan fingerprint density at radius 3 is 2.86 bits per heavy atom. The Labute approximate surface area is 139 Å². The van der Waals surface area contributed by atoms with Crippen molar-refractivity contribution in [2.45, 2.75) is 24.8 Å². The first-order chi connectivity index (χ1) is 10.7. The molecular formula is C15H18N2O3S2. The number of carbonyl (C=O) groups excluding carboxylic acids is 1. The fraction of sp³-hybridized carbons (Fsp3) is 0.333. The molecule has 0 fully saturated rings. The van der Waals surface area contributed by atoms with Gasteiger partial charge in [-0.05, 0) is 37.6 Å². The minimum Gasteiger partial charge on any atom is -0.472 e. The molecule has 0 radical (unpaired) electrons. The van der Waals surface area contributed by atoms with Crippen LogP contribution in [-0.2, 0) is 11.3 Å². The third kappa shape index (κ3) is 4.20. The van der Waals surface area contributed by atoms with E-state index >= 15 is 0 Å². The third-order valence-electron chi connectivity index (χ3n) is 2.93. The molecule has 5 nitrogen and oxygen atoms in total. The van der Waals surface area contributed by atoms with Crippen LogP contribution in [0.25, 0.3) is 0 Å². The van der Waals surface area contributed by atoms with E-state index in [2.05, 4.69) is 17.9 Å². The van der Waals surface area contributed by atoms with Gasteiger partial charge in [-0.1, -0.05) is 13.0 Å². The van der Waals surface area contributed by atoms with Crippen LogP contribution in [0.4, 0.5) is 0 Å². The summed E-state index contributed by atoms with van der Waals surface area (Å²) in [5.74, 6) is 0.134. The number of carbonyl (C=O) groups is 1. The maximum Gasteiger partial charge on any atom is 0.338 e. The number of hydrogen-bond donors (Lipinski definition) is 1. The second-order valence-electron chi connectivity index (χ2n) is 4.49. The number of thiol groups is 1. The lowest BCUT2D eigenvalue weighted by Gasteiger charge is -2.13. The summed E-state index contributed by atoms with van der Waals surface area (Å²) in [6, 6.07) is 7.27. The van der Waals surface area contributed by atoms with Gasteiger partial charge in [-0.25, -0.2) is 8.88 Å². The van der Waals surface area contributed by atoms with E-state index in [4.69, 9.17) is 9.47 Å². The van der Waals surface area contributed by atoms with Gasteiger partial charge in [0.15, 0.2) is 0 Å². The Morgan fingerprint density at radius 1 is 1.41 bits per heavy atom. The van der Waals surface area contributed by atoms with Crippen molar-refractivity contribution in [1.29, 1.82) is 0 Å². The first kappa shape index (κ1) is 16.8. The van der Waals surface area contributed by atoms with Gasteiger partial charge in [0.05, 0.1) is 12.2 Å². The molecule has 0 saturated heterocycles. The standard InChI is InChI=1S/C15H18N2O3S2/c1-3-9-19-15(18)11-5-4-6-13(22-2)12(11)10-20-14-7-8-17(21)16-14/h4-8,21H,3,9-10H2,1-2H3. The minimum absolute atomic E-state index is 0.248. The largest absolute Gasteiger partial charge is 0.472 e. The van der Waals surface area contributed by atoms with Crippen molar-refractivity contribution in [3.05, 3.63) is 41.6 Å². The lowest BCUT2D eigenvalue weighted by molar-refractivity contribution is 0.0501. The summed E-state index contributed by atoms with van der Waals surface area (Å²) in [6.45, 7) is 2.62. The number of rotatable bonds is 7. The maximum atomic E-state index is 12.2. The minimum atomic E-state index is -0.323. The summed E-state index contributed by atoms with van der Waals surface area (Å²) < 4.78 is 12.3. The van der Waals surface area contributed by atoms with Crippen molar-refractivity contribution in [2.24, 2.45) is 0 Å². The maximum absolute atomic E-state index is 12.2. The molecule has 0 aliphatic carbocycles. The zero-order valence-corrected chi connectivity index (χ0v) is 14.2. The highest BCUT2D eigenvalue weighted by Gasteiger charge is 2.16. The average Bonchev–Trinajstić information content (AvgIpc) is 2.95. The molecular weight excluding hydrogens is 320 g/mol. The van der Waals surface area contributed by atoms with E-state index < -0.39 is 0 Å². The smallest absolute Gasteiger partial charge is 0.338 e. The molecule has 0 atom stereocenters. The van der Waals surface area contributed by atoms with Gasteiger partial charge in [-0.3, -0.25) is 0 Å². The zero-order chi connectivity index (χ0) is 15.9. The van der Waals surface area contributed by atoms with Crippen LogP contribution in [0.3, 0.4) is 0 Å². The molecule has 7 heteroatoms. The highest BCUT2D eigenvalue weighted by molar-refractivity contribution is 7.98. The fourth-order valence-corrected chi connectivity index (χ4v) is 2.68. The lowest BCUT2D eigenvalue weighted by Crippen LogP contribution is -2.11. The van der Waals surface area contributed by atoms with E-state index in [-0.39, 0.29) is 12.6 Å². The number of nitrogens with zero attached hydrogens (tertiary/aromatic N) is 2. The number of ether oxygens (including phenoxy) is 2. The van der Waals surface area contributed by atoms with E-state index in [0.717, 1.165) is 16.9 Å². The molecule has 0 aliphatic rings. The van der Waals surface area contributed by atoms with E-state index in [1.807, 2.05) is 25.3 Å². The van der Waals surface area contributed by atoms with Crippen molar-refractivity contribution < 1.29 is 14.3 Å². The molecule has 1 aromatic heterocycles. The van der Waals surface area contributed by atoms with Crippen LogP contribution in [0.5, 0.6) is 5.88 Å². The molecule has 0 saturated carbocycles. The summed E-state index contributed by atoms with van der Waals surface area (Å²) in [6.07, 6.45) is 4.43. The Kier molecular flexibility index (Phi) is 6.21. The quantitative estimate of drug-likeness (QED) is 0.476. The topological polar surface area (TPSA) is 53.4 Å². The van der Waals surface area contributed by atoms with Gasteiger partial charge < -0.3 is 9.47 Å². The molecule has 2 aromatic rings. The first-order valence-corrected chi connectivity index (χ1v) is 8.49. The van der Waals surface area contributed by atoms with E-state index in [1.165, 1.54) is 4.09 Å². The van der Waals surface area contributed by atoms with E-state index in [9.17, 15) is 4.79 Å². The van der Waals surface area contributed by atoms with Crippen molar-refractivity contribution in [3.8, 4) is 5.88 Å². The molecule has 22 heavy (non-hydrogen) atoms. The molecule has 1 heterocycles. The molecule has 1 aromatic carbocycles. The fourth-order valence-electron chi connectivity index (χ4n) is 1.89. The molecule has 118 valence electrons. The van der Waals surface area contributed by atoms with Gasteiger partial charge >= 0.3 is 5.97 Å². The van der Waals surface area contributed by atoms with E-state index in [0.29, 0.717) is 18.1 Å². The molecule has 0 aliphatic heterocycles. The molecule has 0 unspecified atom stereocenters. The Hall–Kier alpha value is -1.60. The molecule has 0 amide bonds. The van der Waals surface area contributed by atoms with Crippen LogP contribution in [0.2, 0.25) is 0 Å². The summed E-state index contributed by atoms with van der Waals surface area (Å²) >= 11 is 5.63. The van der Waals surface area contributed by atoms with Gasteiger partial charge in [0.2, 0.25) is 5.88 Å². The predicted molar refractivity (Wildman–Crippen MR) is 89.7 cm³/mol. The van der Waals surface area contributed by atoms with Gasteiger partial charge in [0, 0.05) is 22.7 Å². The molecule has 2 rings (SSSR count). The number of aromatic nitrogens is 2. The van der Waals surface area contributed by atoms with Crippen LogP contribution in [-0.4, -0.2) is 28.0 Å². The van der Waals surface area contributed by atoms with Gasteiger partial charge in [-0.15, -0.1) is 16.9 Å². The lowest BCUT2D eigenvalue weighted by atomic mass is 10.1. The monoisotopic (exact) mass is 338 g/mol. The van der Waals surface area contributed by atoms with Crippen molar-refractivity contribution >= 4 is 30.5 Å². The number of benzene rings is 1. The third-order valence-corrected chi connectivity index (χ3v) is 3.97. The SMILES string of the molecule is CCCOC(=O)c1cccc(SC)c1COc1ccn(S)n1. The second-order valence-corrected chi connectivity index (χ2v) is 5.74. The Balaban J connectivity index is 2.20. The van der Waals surface area contributed by atoms with Crippen LogP contribution in [0, 0.1) is 0 Å². The number of thioether (sulfide) groups is 1. The van der Waals surface area contributed by atoms with Gasteiger partial charge in [0.25, 0.3) is 0 Å². The highest BCUT2D eigenvalue weighted by atomic mass is 32.2.